The lowest BCUT2D eigenvalue weighted by Crippen LogP contribution is -2.35. The van der Waals surface area contributed by atoms with Crippen molar-refractivity contribution in [3.63, 3.8) is 0 Å². The molecular formula is C18H18F5N5OS2. The van der Waals surface area contributed by atoms with Gasteiger partial charge in [0.05, 0.1) is 12.1 Å². The summed E-state index contributed by atoms with van der Waals surface area (Å²) in [5, 5.41) is 15.0. The van der Waals surface area contributed by atoms with Crippen molar-refractivity contribution in [1.29, 1.82) is 0 Å². The molecule has 0 bridgehead atoms. The summed E-state index contributed by atoms with van der Waals surface area (Å²) in [7, 11) is 0. The first-order valence-corrected chi connectivity index (χ1v) is 10.7. The second-order valence-corrected chi connectivity index (χ2v) is 9.11. The topological polar surface area (TPSA) is 83.0 Å². The van der Waals surface area contributed by atoms with Gasteiger partial charge in [0.1, 0.15) is 11.2 Å². The van der Waals surface area contributed by atoms with E-state index in [0.29, 0.717) is 4.70 Å². The maximum Gasteiger partial charge on any atom is 0.405 e. The molecule has 0 aliphatic carbocycles. The minimum Gasteiger partial charge on any atom is -0.394 e. The van der Waals surface area contributed by atoms with Crippen molar-refractivity contribution >= 4 is 44.4 Å². The first-order chi connectivity index (χ1) is 14.5. The van der Waals surface area contributed by atoms with E-state index in [1.165, 1.54) is 12.1 Å². The predicted octanol–water partition coefficient (Wildman–Crippen LogP) is 4.81. The molecule has 0 aliphatic heterocycles. The molecule has 168 valence electrons. The number of nitrogens with zero attached hydrogens (tertiary/aromatic N) is 3. The van der Waals surface area contributed by atoms with Crippen LogP contribution in [0.25, 0.3) is 10.3 Å². The third-order valence-corrected chi connectivity index (χ3v) is 5.82. The van der Waals surface area contributed by atoms with Gasteiger partial charge in [-0.05, 0) is 19.9 Å². The number of thiazole rings is 1. The van der Waals surface area contributed by atoms with Gasteiger partial charge >= 0.3 is 6.18 Å². The Bertz CT molecular complexity index is 1070. The lowest BCUT2D eigenvalue weighted by atomic mass is 10.1. The Labute approximate surface area is 182 Å². The van der Waals surface area contributed by atoms with Crippen LogP contribution in [-0.4, -0.2) is 44.9 Å². The van der Waals surface area contributed by atoms with Gasteiger partial charge in [0, 0.05) is 11.3 Å². The highest BCUT2D eigenvalue weighted by molar-refractivity contribution is 7.98. The predicted molar refractivity (Wildman–Crippen MR) is 110 cm³/mol. The number of fused-ring (bicyclic) bond motifs is 1. The zero-order chi connectivity index (χ0) is 22.8. The number of anilines is 2. The average molecular weight is 480 g/mol. The molecule has 2 aromatic heterocycles. The summed E-state index contributed by atoms with van der Waals surface area (Å²) in [4.78, 5) is 12.7. The fraction of sp³-hybridized carbons (Fsp3) is 0.389. The number of aromatic nitrogens is 3. The van der Waals surface area contributed by atoms with Gasteiger partial charge < -0.3 is 15.7 Å². The number of aliphatic hydroxyl groups excluding tert-OH is 1. The second-order valence-electron chi connectivity index (χ2n) is 7.16. The summed E-state index contributed by atoms with van der Waals surface area (Å²) in [6.45, 7) is 1.92. The quantitative estimate of drug-likeness (QED) is 0.243. The molecule has 3 rings (SSSR count). The number of thioether (sulfide) groups is 1. The minimum atomic E-state index is -4.42. The maximum absolute atomic E-state index is 13.9. The largest absolute Gasteiger partial charge is 0.405 e. The van der Waals surface area contributed by atoms with E-state index in [0.717, 1.165) is 29.2 Å². The van der Waals surface area contributed by atoms with Gasteiger partial charge in [-0.2, -0.15) is 18.2 Å². The van der Waals surface area contributed by atoms with E-state index < -0.39 is 29.9 Å². The Balaban J connectivity index is 1.92. The zero-order valence-electron chi connectivity index (χ0n) is 16.3. The molecule has 0 fully saturated rings. The van der Waals surface area contributed by atoms with Gasteiger partial charge in [-0.1, -0.05) is 35.2 Å². The number of halogens is 5. The molecule has 0 saturated heterocycles. The minimum absolute atomic E-state index is 0.00445. The van der Waals surface area contributed by atoms with Crippen molar-refractivity contribution in [2.24, 2.45) is 0 Å². The van der Waals surface area contributed by atoms with Gasteiger partial charge in [0.15, 0.2) is 33.4 Å². The van der Waals surface area contributed by atoms with Gasteiger partial charge in [0.25, 0.3) is 0 Å². The number of benzene rings is 1. The van der Waals surface area contributed by atoms with E-state index in [9.17, 15) is 27.1 Å². The normalized spacial score (nSPS) is 12.4. The summed E-state index contributed by atoms with van der Waals surface area (Å²) in [5.41, 5.74) is -0.533. The number of rotatable bonds is 8. The second kappa shape index (κ2) is 9.09. The molecule has 0 unspecified atom stereocenters. The summed E-state index contributed by atoms with van der Waals surface area (Å²) >= 11 is 1.95. The average Bonchev–Trinajstić information content (AvgIpc) is 3.10. The number of nitrogens with one attached hydrogen (secondary N) is 2. The van der Waals surface area contributed by atoms with Crippen molar-refractivity contribution in [2.45, 2.75) is 36.5 Å². The lowest BCUT2D eigenvalue weighted by molar-refractivity contribution is -0.115. The van der Waals surface area contributed by atoms with Crippen LogP contribution in [0.5, 0.6) is 0 Å². The van der Waals surface area contributed by atoms with Crippen LogP contribution in [0.2, 0.25) is 0 Å². The van der Waals surface area contributed by atoms with Crippen LogP contribution in [0, 0.1) is 11.6 Å². The highest BCUT2D eigenvalue weighted by atomic mass is 32.2. The van der Waals surface area contributed by atoms with Crippen LogP contribution in [0.15, 0.2) is 23.4 Å². The number of aliphatic hydroxyl groups is 1. The molecule has 6 nitrogen and oxygen atoms in total. The zero-order valence-corrected chi connectivity index (χ0v) is 18.0. The number of hydrogen-bond acceptors (Lipinski definition) is 8. The molecule has 0 saturated carbocycles. The molecule has 3 aromatic rings. The molecule has 13 heteroatoms. The molecule has 31 heavy (non-hydrogen) atoms. The Morgan fingerprint density at radius 1 is 1.13 bits per heavy atom. The molecular weight excluding hydrogens is 461 g/mol. The van der Waals surface area contributed by atoms with Crippen LogP contribution in [0.3, 0.4) is 0 Å². The molecule has 0 atom stereocenters. The van der Waals surface area contributed by atoms with Crippen LogP contribution in [-0.2, 0) is 5.75 Å². The van der Waals surface area contributed by atoms with E-state index in [1.54, 1.807) is 13.8 Å². The maximum atomic E-state index is 13.9. The van der Waals surface area contributed by atoms with Crippen LogP contribution in [0.1, 0.15) is 19.4 Å². The third-order valence-electron chi connectivity index (χ3n) is 3.91. The van der Waals surface area contributed by atoms with Crippen LogP contribution >= 0.6 is 23.1 Å². The van der Waals surface area contributed by atoms with Crippen LogP contribution < -0.4 is 10.6 Å². The monoisotopic (exact) mass is 479 g/mol. The first kappa shape index (κ1) is 23.4. The molecule has 0 amide bonds. The fourth-order valence-electron chi connectivity index (χ4n) is 2.37. The SMILES string of the molecule is CC(C)(CO)Nc1nc(SCc2cccc(F)c2F)nc2nc(NCC(F)(F)F)sc12. The molecule has 0 aliphatic rings. The van der Waals surface area contributed by atoms with E-state index in [1.807, 2.05) is 0 Å². The van der Waals surface area contributed by atoms with Crippen molar-refractivity contribution in [3.8, 4) is 0 Å². The van der Waals surface area contributed by atoms with E-state index in [2.05, 4.69) is 25.6 Å². The van der Waals surface area contributed by atoms with Crippen molar-refractivity contribution in [3.05, 3.63) is 35.4 Å². The van der Waals surface area contributed by atoms with Gasteiger partial charge in [-0.3, -0.25) is 0 Å². The molecule has 2 heterocycles. The van der Waals surface area contributed by atoms with E-state index in [4.69, 9.17) is 0 Å². The smallest absolute Gasteiger partial charge is 0.394 e. The van der Waals surface area contributed by atoms with Crippen molar-refractivity contribution in [1.82, 2.24) is 15.0 Å². The lowest BCUT2D eigenvalue weighted by Gasteiger charge is -2.24. The van der Waals surface area contributed by atoms with Gasteiger partial charge in [-0.15, -0.1) is 0 Å². The Hall–Kier alpha value is -2.25. The summed E-state index contributed by atoms with van der Waals surface area (Å²) < 4.78 is 65.3. The highest BCUT2D eigenvalue weighted by Gasteiger charge is 2.28. The van der Waals surface area contributed by atoms with Crippen molar-refractivity contribution in [2.75, 3.05) is 23.8 Å². The highest BCUT2D eigenvalue weighted by Crippen LogP contribution is 2.34. The fourth-order valence-corrected chi connectivity index (χ4v) is 4.03. The molecule has 1 aromatic carbocycles. The van der Waals surface area contributed by atoms with Crippen LogP contribution in [0.4, 0.5) is 32.9 Å². The van der Waals surface area contributed by atoms with Gasteiger partial charge in [0.2, 0.25) is 0 Å². The number of hydrogen-bond donors (Lipinski definition) is 3. The Morgan fingerprint density at radius 2 is 1.87 bits per heavy atom. The van der Waals surface area contributed by atoms with Crippen molar-refractivity contribution < 1.29 is 27.1 Å². The Morgan fingerprint density at radius 3 is 2.55 bits per heavy atom. The third kappa shape index (κ3) is 6.14. The molecule has 0 spiro atoms. The van der Waals surface area contributed by atoms with E-state index >= 15 is 0 Å². The molecule has 0 radical (unpaired) electrons. The summed E-state index contributed by atoms with van der Waals surface area (Å²) in [6, 6.07) is 3.82. The summed E-state index contributed by atoms with van der Waals surface area (Å²) in [6.07, 6.45) is -4.42. The van der Waals surface area contributed by atoms with E-state index in [-0.39, 0.29) is 39.7 Å². The summed E-state index contributed by atoms with van der Waals surface area (Å²) in [5.74, 6) is -1.64. The molecule has 3 N–H and O–H groups in total. The Kier molecular flexibility index (Phi) is 6.86. The first-order valence-electron chi connectivity index (χ1n) is 8.91. The number of alkyl halides is 3. The standard InChI is InChI=1S/C18H18F5N5OS2/c1-17(2,8-29)28-14-12-13(25-15(31-12)24-7-18(21,22)23)26-16(27-14)30-6-9-4-3-5-10(19)11(9)20/h3-5,29H,6-8H2,1-2H3,(H2,24,25,26,27,28). The van der Waals surface area contributed by atoms with Gasteiger partial charge in [-0.25, -0.2) is 18.7 Å².